The van der Waals surface area contributed by atoms with Crippen LogP contribution in [0, 0.1) is 0 Å². The lowest BCUT2D eigenvalue weighted by Crippen LogP contribution is -2.46. The van der Waals surface area contributed by atoms with Crippen molar-refractivity contribution in [2.24, 2.45) is 0 Å². The summed E-state index contributed by atoms with van der Waals surface area (Å²) < 4.78 is 22.0. The number of carbonyl (C=O) groups is 1. The molecule has 0 amide bonds. The summed E-state index contributed by atoms with van der Waals surface area (Å²) >= 11 is 0. The number of benzene rings is 2. The molecule has 0 aliphatic heterocycles. The van der Waals surface area contributed by atoms with E-state index in [1.54, 1.807) is 43.8 Å². The van der Waals surface area contributed by atoms with Crippen molar-refractivity contribution in [1.29, 1.82) is 0 Å². The van der Waals surface area contributed by atoms with Crippen LogP contribution in [0.15, 0.2) is 46.2 Å². The highest BCUT2D eigenvalue weighted by atomic mass is 16.5. The number of rotatable bonds is 10. The summed E-state index contributed by atoms with van der Waals surface area (Å²) in [4.78, 5) is 52.3. The van der Waals surface area contributed by atoms with Crippen LogP contribution in [0.3, 0.4) is 0 Å². The smallest absolute Gasteiger partial charge is 0.272 e. The molecule has 0 fully saturated rings. The maximum atomic E-state index is 13.8. The fourth-order valence-corrected chi connectivity index (χ4v) is 4.82. The third-order valence-corrected chi connectivity index (χ3v) is 6.87. The van der Waals surface area contributed by atoms with Crippen LogP contribution >= 0.6 is 0 Å². The summed E-state index contributed by atoms with van der Waals surface area (Å²) in [6.07, 6.45) is 5.02. The predicted molar refractivity (Wildman–Crippen MR) is 163 cm³/mol. The number of carbonyl (C=O) groups excluding carboxylic acids is 1. The summed E-state index contributed by atoms with van der Waals surface area (Å²) in [6.45, 7) is 6.43. The molecule has 0 radical (unpaired) electrons. The molecule has 3 N–H and O–H groups in total. The first-order chi connectivity index (χ1) is 20.5. The van der Waals surface area contributed by atoms with Crippen LogP contribution < -0.4 is 36.0 Å². The standard InChI is InChI=1S/C32H36N4O7/c1-32(2,3)29-22(33-17-34-29)16-24-31(39)35-23(30(38)36-24)14-18-9-8-10-19(13-18)26(37)21-15-25(41-5)28(43-7)20(11-12-40-4)27(21)42-6/h8-10,13-17H,11-12H2,1-7H3,(H,33,34)(H,35,39)(H,36,38)/b23-14-,24-16-. The molecular formula is C32H36N4O7. The highest BCUT2D eigenvalue weighted by Crippen LogP contribution is 2.41. The molecule has 11 nitrogen and oxygen atoms in total. The van der Waals surface area contributed by atoms with Gasteiger partial charge in [-0.25, -0.2) is 4.98 Å². The number of methoxy groups -OCH3 is 4. The number of ketones is 1. The van der Waals surface area contributed by atoms with Gasteiger partial charge in [-0.15, -0.1) is 0 Å². The molecule has 0 spiro atoms. The summed E-state index contributed by atoms with van der Waals surface area (Å²) in [7, 11) is 6.08. The molecule has 0 bridgehead atoms. The molecule has 11 heteroatoms. The molecule has 226 valence electrons. The van der Waals surface area contributed by atoms with Gasteiger partial charge in [-0.05, 0) is 29.8 Å². The van der Waals surface area contributed by atoms with Crippen molar-refractivity contribution in [3.63, 3.8) is 0 Å². The van der Waals surface area contributed by atoms with Crippen LogP contribution in [-0.2, 0) is 16.6 Å². The Hall–Kier alpha value is -4.90. The topological polar surface area (TPSA) is 148 Å². The van der Waals surface area contributed by atoms with Crippen molar-refractivity contribution in [3.05, 3.63) is 102 Å². The molecule has 0 saturated heterocycles. The van der Waals surface area contributed by atoms with E-state index >= 15 is 0 Å². The molecule has 0 atom stereocenters. The maximum absolute atomic E-state index is 13.8. The van der Waals surface area contributed by atoms with Crippen molar-refractivity contribution in [2.75, 3.05) is 35.0 Å². The number of ether oxygens (including phenoxy) is 4. The molecular weight excluding hydrogens is 552 g/mol. The Balaban J connectivity index is 1.77. The van der Waals surface area contributed by atoms with Crippen molar-refractivity contribution in [3.8, 4) is 17.2 Å². The van der Waals surface area contributed by atoms with Gasteiger partial charge in [0.1, 0.15) is 16.4 Å². The maximum Gasteiger partial charge on any atom is 0.272 e. The second kappa shape index (κ2) is 13.0. The zero-order valence-corrected chi connectivity index (χ0v) is 25.3. The van der Waals surface area contributed by atoms with E-state index in [4.69, 9.17) is 18.9 Å². The van der Waals surface area contributed by atoms with Gasteiger partial charge in [0.15, 0.2) is 17.3 Å². The first-order valence-electron chi connectivity index (χ1n) is 13.6. The van der Waals surface area contributed by atoms with Crippen molar-refractivity contribution >= 4 is 17.9 Å². The number of aromatic amines is 3. The zero-order valence-electron chi connectivity index (χ0n) is 25.3. The number of aromatic nitrogens is 4. The molecule has 2 heterocycles. The van der Waals surface area contributed by atoms with Gasteiger partial charge in [-0.3, -0.25) is 14.4 Å². The fraction of sp³-hybridized carbons (Fsp3) is 0.312. The van der Waals surface area contributed by atoms with Gasteiger partial charge in [0.2, 0.25) is 0 Å². The van der Waals surface area contributed by atoms with E-state index in [1.807, 2.05) is 20.8 Å². The lowest BCUT2D eigenvalue weighted by atomic mass is 9.90. The Morgan fingerprint density at radius 2 is 1.58 bits per heavy atom. The Kier molecular flexibility index (Phi) is 9.35. The van der Waals surface area contributed by atoms with Crippen LogP contribution in [0.1, 0.15) is 59.2 Å². The lowest BCUT2D eigenvalue weighted by Gasteiger charge is -2.19. The van der Waals surface area contributed by atoms with E-state index in [0.29, 0.717) is 52.7 Å². The zero-order chi connectivity index (χ0) is 31.3. The third kappa shape index (κ3) is 6.62. The molecule has 0 saturated carbocycles. The Labute approximate surface area is 248 Å². The number of hydrogen-bond donors (Lipinski definition) is 3. The summed E-state index contributed by atoms with van der Waals surface area (Å²) in [5.41, 5.74) is 1.97. The van der Waals surface area contributed by atoms with Gasteiger partial charge in [0.05, 0.1) is 45.5 Å². The van der Waals surface area contributed by atoms with Crippen molar-refractivity contribution in [2.45, 2.75) is 32.6 Å². The highest BCUT2D eigenvalue weighted by molar-refractivity contribution is 6.11. The second-order valence-corrected chi connectivity index (χ2v) is 10.8. The minimum atomic E-state index is -0.500. The van der Waals surface area contributed by atoms with Gasteiger partial charge in [0.25, 0.3) is 11.1 Å². The molecule has 2 aromatic heterocycles. The van der Waals surface area contributed by atoms with Crippen molar-refractivity contribution in [1.82, 2.24) is 19.9 Å². The molecule has 43 heavy (non-hydrogen) atoms. The molecule has 0 aliphatic carbocycles. The van der Waals surface area contributed by atoms with Gasteiger partial charge < -0.3 is 33.9 Å². The largest absolute Gasteiger partial charge is 0.496 e. The van der Waals surface area contributed by atoms with Crippen LogP contribution in [0.4, 0.5) is 0 Å². The Bertz CT molecular complexity index is 1880. The van der Waals surface area contributed by atoms with Gasteiger partial charge in [-0.1, -0.05) is 39.0 Å². The van der Waals surface area contributed by atoms with E-state index < -0.39 is 11.1 Å². The van der Waals surface area contributed by atoms with Crippen molar-refractivity contribution < 1.29 is 23.7 Å². The fourth-order valence-electron chi connectivity index (χ4n) is 4.82. The highest BCUT2D eigenvalue weighted by Gasteiger charge is 2.25. The van der Waals surface area contributed by atoms with Gasteiger partial charge >= 0.3 is 0 Å². The van der Waals surface area contributed by atoms with E-state index in [-0.39, 0.29) is 27.5 Å². The van der Waals surface area contributed by atoms with E-state index in [1.165, 1.54) is 33.5 Å². The summed E-state index contributed by atoms with van der Waals surface area (Å²) in [5, 5.41) is 0.115. The first kappa shape index (κ1) is 31.0. The number of nitrogens with one attached hydrogen (secondary N) is 3. The minimum absolute atomic E-state index is 0.0374. The van der Waals surface area contributed by atoms with E-state index in [2.05, 4.69) is 19.9 Å². The Morgan fingerprint density at radius 3 is 2.19 bits per heavy atom. The third-order valence-electron chi connectivity index (χ3n) is 6.87. The average Bonchev–Trinajstić information content (AvgIpc) is 3.46. The predicted octanol–water partition coefficient (Wildman–Crippen LogP) is 2.19. The molecule has 0 unspecified atom stereocenters. The summed E-state index contributed by atoms with van der Waals surface area (Å²) in [5.74, 6) is 0.868. The van der Waals surface area contributed by atoms with Crippen LogP contribution in [0.5, 0.6) is 17.2 Å². The van der Waals surface area contributed by atoms with Gasteiger partial charge in [-0.2, -0.15) is 0 Å². The van der Waals surface area contributed by atoms with Crippen LogP contribution in [0.2, 0.25) is 0 Å². The average molecular weight is 589 g/mol. The van der Waals surface area contributed by atoms with Crippen LogP contribution in [-0.4, -0.2) is 60.8 Å². The number of imidazole rings is 1. The van der Waals surface area contributed by atoms with E-state index in [9.17, 15) is 14.4 Å². The number of nitrogens with zero attached hydrogens (tertiary/aromatic N) is 1. The quantitative estimate of drug-likeness (QED) is 0.239. The second-order valence-electron chi connectivity index (χ2n) is 10.8. The minimum Gasteiger partial charge on any atom is -0.496 e. The van der Waals surface area contributed by atoms with Crippen LogP contribution in [0.25, 0.3) is 12.2 Å². The normalized spacial score (nSPS) is 12.4. The number of hydrogen-bond acceptors (Lipinski definition) is 8. The van der Waals surface area contributed by atoms with Gasteiger partial charge in [0, 0.05) is 35.8 Å². The first-order valence-corrected chi connectivity index (χ1v) is 13.6. The molecule has 4 aromatic rings. The summed E-state index contributed by atoms with van der Waals surface area (Å²) in [6, 6.07) is 8.28. The lowest BCUT2D eigenvalue weighted by molar-refractivity contribution is 0.103. The molecule has 0 aliphatic rings. The molecule has 4 rings (SSSR count). The van der Waals surface area contributed by atoms with E-state index in [0.717, 1.165) is 5.69 Å². The molecule has 2 aromatic carbocycles. The monoisotopic (exact) mass is 588 g/mol. The number of H-pyrrole nitrogens is 3. The SMILES string of the molecule is COCCc1c(OC)c(OC)cc(C(=O)c2cccc(/C=c3\[nH]c(=O)/c(=C/c4nc[nH]c4C(C)(C)C)[nH]c3=O)c2)c1OC. The Morgan fingerprint density at radius 1 is 0.907 bits per heavy atom.